The summed E-state index contributed by atoms with van der Waals surface area (Å²) in [7, 11) is 1.60. The quantitative estimate of drug-likeness (QED) is 0.164. The maximum absolute atomic E-state index is 13.3. The van der Waals surface area contributed by atoms with Gasteiger partial charge in [-0.25, -0.2) is 0 Å². The molecule has 34 heavy (non-hydrogen) atoms. The number of carbonyl (C=O) groups is 1. The van der Waals surface area contributed by atoms with E-state index in [9.17, 15) is 4.79 Å². The van der Waals surface area contributed by atoms with Crippen molar-refractivity contribution < 1.29 is 9.53 Å². The zero-order valence-electron chi connectivity index (χ0n) is 18.0. The van der Waals surface area contributed by atoms with Gasteiger partial charge >= 0.3 is 0 Å². The van der Waals surface area contributed by atoms with Crippen LogP contribution in [0.25, 0.3) is 0 Å². The minimum atomic E-state index is -0.345. The highest BCUT2D eigenvalue weighted by Gasteiger charge is 2.24. The lowest BCUT2D eigenvalue weighted by Gasteiger charge is -2.12. The van der Waals surface area contributed by atoms with E-state index in [1.807, 2.05) is 54.6 Å². The average Bonchev–Trinajstić information content (AvgIpc) is 3.17. The molecular formula is C25H20Cl2N4O2S. The number of para-hydroxylation sites is 1. The van der Waals surface area contributed by atoms with Crippen LogP contribution >= 0.6 is 35.4 Å². The molecular weight excluding hydrogens is 491 g/mol. The SMILES string of the molecule is COc1ccc(Nc2[nH]c(C(=O)c3ccc(Cl)c(Cl)c3)c(N)c2C(=S)Nc2ccccc2)cc1. The zero-order chi connectivity index (χ0) is 24.2. The monoisotopic (exact) mass is 510 g/mol. The van der Waals surface area contributed by atoms with Crippen molar-refractivity contribution in [3.8, 4) is 5.75 Å². The van der Waals surface area contributed by atoms with Gasteiger partial charge in [-0.1, -0.05) is 53.6 Å². The molecule has 0 bridgehead atoms. The molecule has 9 heteroatoms. The lowest BCUT2D eigenvalue weighted by Crippen LogP contribution is -2.14. The fourth-order valence-electron chi connectivity index (χ4n) is 3.34. The lowest BCUT2D eigenvalue weighted by molar-refractivity contribution is 0.103. The summed E-state index contributed by atoms with van der Waals surface area (Å²) in [6.45, 7) is 0. The van der Waals surface area contributed by atoms with Crippen LogP contribution in [0.15, 0.2) is 72.8 Å². The van der Waals surface area contributed by atoms with E-state index in [-0.39, 0.29) is 22.2 Å². The maximum Gasteiger partial charge on any atom is 0.211 e. The van der Waals surface area contributed by atoms with Gasteiger partial charge in [0, 0.05) is 16.9 Å². The number of thiocarbonyl (C=S) groups is 1. The summed E-state index contributed by atoms with van der Waals surface area (Å²) in [5.41, 5.74) is 9.21. The Morgan fingerprint density at radius 1 is 0.971 bits per heavy atom. The molecule has 0 aliphatic rings. The third-order valence-corrected chi connectivity index (χ3v) is 6.11. The van der Waals surface area contributed by atoms with Crippen LogP contribution in [0.3, 0.4) is 0 Å². The first-order valence-corrected chi connectivity index (χ1v) is 11.3. The minimum Gasteiger partial charge on any atom is -0.497 e. The van der Waals surface area contributed by atoms with Crippen LogP contribution in [0.2, 0.25) is 10.0 Å². The summed E-state index contributed by atoms with van der Waals surface area (Å²) in [5, 5.41) is 7.06. The number of hydrogen-bond acceptors (Lipinski definition) is 5. The first-order valence-electron chi connectivity index (χ1n) is 10.2. The number of hydrogen-bond donors (Lipinski definition) is 4. The Labute approximate surface area is 212 Å². The number of benzene rings is 3. The average molecular weight is 511 g/mol. The smallest absolute Gasteiger partial charge is 0.211 e. The standard InChI is InChI=1S/C25H20Cl2N4O2S/c1-33-17-10-8-16(9-11-17)29-24-20(25(34)30-15-5-3-2-4-6-15)21(28)22(31-24)23(32)14-7-12-18(26)19(27)13-14/h2-13,29,31H,28H2,1H3,(H,30,34). The Balaban J connectivity index is 1.74. The van der Waals surface area contributed by atoms with Crippen molar-refractivity contribution in [2.24, 2.45) is 0 Å². The van der Waals surface area contributed by atoms with E-state index in [4.69, 9.17) is 45.9 Å². The van der Waals surface area contributed by atoms with Gasteiger partial charge in [-0.15, -0.1) is 0 Å². The van der Waals surface area contributed by atoms with Crippen LogP contribution in [-0.2, 0) is 0 Å². The summed E-state index contributed by atoms with van der Waals surface area (Å²) in [5.74, 6) is 0.843. The van der Waals surface area contributed by atoms with Gasteiger partial charge in [0.15, 0.2) is 0 Å². The van der Waals surface area contributed by atoms with Crippen molar-refractivity contribution >= 4 is 69.1 Å². The molecule has 0 saturated carbocycles. The number of nitrogens with one attached hydrogen (secondary N) is 3. The van der Waals surface area contributed by atoms with E-state index in [0.717, 1.165) is 11.4 Å². The number of nitrogens with two attached hydrogens (primary N) is 1. The van der Waals surface area contributed by atoms with Crippen molar-refractivity contribution in [1.82, 2.24) is 4.98 Å². The molecule has 4 rings (SSSR count). The number of carbonyl (C=O) groups excluding carboxylic acids is 1. The van der Waals surface area contributed by atoms with E-state index in [0.29, 0.717) is 32.7 Å². The molecule has 0 atom stereocenters. The largest absolute Gasteiger partial charge is 0.497 e. The van der Waals surface area contributed by atoms with Crippen molar-refractivity contribution in [2.45, 2.75) is 0 Å². The summed E-state index contributed by atoms with van der Waals surface area (Å²) in [6, 6.07) is 21.4. The molecule has 5 N–H and O–H groups in total. The molecule has 4 aromatic rings. The van der Waals surface area contributed by atoms with E-state index in [1.165, 1.54) is 6.07 Å². The van der Waals surface area contributed by atoms with Crippen LogP contribution in [0.1, 0.15) is 21.6 Å². The number of halogens is 2. The molecule has 0 spiro atoms. The van der Waals surface area contributed by atoms with Crippen LogP contribution in [0, 0.1) is 0 Å². The molecule has 0 radical (unpaired) electrons. The second kappa shape index (κ2) is 10.2. The van der Waals surface area contributed by atoms with Gasteiger partial charge in [0.1, 0.15) is 22.2 Å². The molecule has 0 aliphatic heterocycles. The second-order valence-electron chi connectivity index (χ2n) is 7.30. The first kappa shape index (κ1) is 23.6. The van der Waals surface area contributed by atoms with E-state index in [1.54, 1.807) is 19.2 Å². The molecule has 0 aliphatic carbocycles. The zero-order valence-corrected chi connectivity index (χ0v) is 20.3. The molecule has 0 saturated heterocycles. The summed E-state index contributed by atoms with van der Waals surface area (Å²) < 4.78 is 5.22. The van der Waals surface area contributed by atoms with Gasteiger partial charge in [-0.3, -0.25) is 4.79 Å². The van der Waals surface area contributed by atoms with Crippen LogP contribution in [0.4, 0.5) is 22.9 Å². The Bertz CT molecular complexity index is 1360. The van der Waals surface area contributed by atoms with Crippen molar-refractivity contribution in [3.05, 3.63) is 99.7 Å². The topological polar surface area (TPSA) is 92.2 Å². The fourth-order valence-corrected chi connectivity index (χ4v) is 3.97. The van der Waals surface area contributed by atoms with Crippen molar-refractivity contribution in [1.29, 1.82) is 0 Å². The summed E-state index contributed by atoms with van der Waals surface area (Å²) in [6.07, 6.45) is 0. The highest BCUT2D eigenvalue weighted by Crippen LogP contribution is 2.33. The van der Waals surface area contributed by atoms with Gasteiger partial charge in [-0.05, 0) is 54.6 Å². The van der Waals surface area contributed by atoms with E-state index in [2.05, 4.69) is 15.6 Å². The highest BCUT2D eigenvalue weighted by atomic mass is 35.5. The minimum absolute atomic E-state index is 0.182. The molecule has 6 nitrogen and oxygen atoms in total. The Kier molecular flexibility index (Phi) is 7.07. The predicted octanol–water partition coefficient (Wildman–Crippen LogP) is 6.67. The summed E-state index contributed by atoms with van der Waals surface area (Å²) >= 11 is 17.8. The number of ether oxygens (including phenoxy) is 1. The highest BCUT2D eigenvalue weighted by molar-refractivity contribution is 7.81. The predicted molar refractivity (Wildman–Crippen MR) is 143 cm³/mol. The Hall–Kier alpha value is -3.52. The number of H-pyrrole nitrogens is 1. The number of ketones is 1. The van der Waals surface area contributed by atoms with Gasteiger partial charge in [0.05, 0.1) is 28.4 Å². The molecule has 1 aromatic heterocycles. The number of aromatic nitrogens is 1. The third kappa shape index (κ3) is 5.02. The second-order valence-corrected chi connectivity index (χ2v) is 8.52. The van der Waals surface area contributed by atoms with Gasteiger partial charge < -0.3 is 26.1 Å². The van der Waals surface area contributed by atoms with Gasteiger partial charge in [-0.2, -0.15) is 0 Å². The molecule has 0 amide bonds. The Morgan fingerprint density at radius 2 is 1.68 bits per heavy atom. The van der Waals surface area contributed by atoms with Crippen LogP contribution < -0.4 is 21.1 Å². The lowest BCUT2D eigenvalue weighted by atomic mass is 10.1. The molecule has 3 aromatic carbocycles. The number of nitrogen functional groups attached to an aromatic ring is 1. The van der Waals surface area contributed by atoms with E-state index >= 15 is 0 Å². The van der Waals surface area contributed by atoms with Crippen molar-refractivity contribution in [3.63, 3.8) is 0 Å². The van der Waals surface area contributed by atoms with E-state index < -0.39 is 0 Å². The molecule has 1 heterocycles. The maximum atomic E-state index is 13.3. The Morgan fingerprint density at radius 3 is 2.32 bits per heavy atom. The molecule has 0 fully saturated rings. The molecule has 172 valence electrons. The van der Waals surface area contributed by atoms with Gasteiger partial charge in [0.25, 0.3) is 0 Å². The summed E-state index contributed by atoms with van der Waals surface area (Å²) in [4.78, 5) is 16.7. The number of anilines is 4. The third-order valence-electron chi connectivity index (χ3n) is 5.07. The number of rotatable bonds is 7. The van der Waals surface area contributed by atoms with Gasteiger partial charge in [0.2, 0.25) is 5.78 Å². The molecule has 0 unspecified atom stereocenters. The number of methoxy groups -OCH3 is 1. The van der Waals surface area contributed by atoms with Crippen molar-refractivity contribution in [2.75, 3.05) is 23.5 Å². The first-order chi connectivity index (χ1) is 16.4. The normalized spacial score (nSPS) is 10.6. The van der Waals surface area contributed by atoms with Crippen LogP contribution in [-0.4, -0.2) is 22.9 Å². The van der Waals surface area contributed by atoms with Crippen LogP contribution in [0.5, 0.6) is 5.75 Å². The fraction of sp³-hybridized carbons (Fsp3) is 0.0400. The number of aromatic amines is 1.